The minimum absolute atomic E-state index is 0. The summed E-state index contributed by atoms with van der Waals surface area (Å²) in [5.74, 6) is 1.57. The number of hydrogen-bond donors (Lipinski definition) is 3. The molecular weight excluding hydrogens is 404 g/mol. The molecule has 150 valence electrons. The number of aromatic nitrogens is 2. The maximum Gasteiger partial charge on any atom is 0.259 e. The van der Waals surface area contributed by atoms with E-state index in [1.54, 1.807) is 0 Å². The number of rotatable bonds is 7. The Morgan fingerprint density at radius 2 is 2.15 bits per heavy atom. The molecule has 1 aliphatic carbocycles. The Morgan fingerprint density at radius 1 is 1.48 bits per heavy atom. The molecule has 27 heavy (non-hydrogen) atoms. The number of fused-ring (bicyclic) bond motifs is 1. The predicted octanol–water partition coefficient (Wildman–Crippen LogP) is 2.89. The van der Waals surface area contributed by atoms with Crippen molar-refractivity contribution in [3.8, 4) is 0 Å². The molecule has 2 unspecified atom stereocenters. The predicted molar refractivity (Wildman–Crippen MR) is 116 cm³/mol. The molecule has 2 aromatic rings. The molecular formula is C18H27ClN4O2S2. The molecule has 0 bridgehead atoms. The zero-order valence-corrected chi connectivity index (χ0v) is 18.5. The van der Waals surface area contributed by atoms with Gasteiger partial charge >= 0.3 is 0 Å². The van der Waals surface area contributed by atoms with Gasteiger partial charge in [0.25, 0.3) is 5.56 Å². The molecule has 1 saturated carbocycles. The van der Waals surface area contributed by atoms with E-state index < -0.39 is 0 Å². The van der Waals surface area contributed by atoms with Crippen molar-refractivity contribution < 1.29 is 4.79 Å². The van der Waals surface area contributed by atoms with Crippen molar-refractivity contribution in [1.82, 2.24) is 15.3 Å². The van der Waals surface area contributed by atoms with Crippen molar-refractivity contribution in [3.63, 3.8) is 0 Å². The molecule has 4 N–H and O–H groups in total. The van der Waals surface area contributed by atoms with Crippen LogP contribution < -0.4 is 16.6 Å². The van der Waals surface area contributed by atoms with Gasteiger partial charge in [0, 0.05) is 11.4 Å². The molecule has 2 heterocycles. The molecule has 0 spiro atoms. The van der Waals surface area contributed by atoms with Crippen molar-refractivity contribution in [2.75, 3.05) is 6.54 Å². The number of amides is 1. The molecule has 1 aliphatic rings. The second kappa shape index (κ2) is 8.51. The lowest BCUT2D eigenvalue weighted by Gasteiger charge is -2.30. The van der Waals surface area contributed by atoms with E-state index in [0.717, 1.165) is 28.1 Å². The number of nitrogens with one attached hydrogen (secondary N) is 2. The normalized spacial score (nSPS) is 17.2. The van der Waals surface area contributed by atoms with Crippen LogP contribution in [0.3, 0.4) is 0 Å². The van der Waals surface area contributed by atoms with Crippen LogP contribution in [0.15, 0.2) is 4.79 Å². The van der Waals surface area contributed by atoms with Crippen LogP contribution in [0.25, 0.3) is 10.2 Å². The Labute approximate surface area is 173 Å². The van der Waals surface area contributed by atoms with E-state index in [1.807, 2.05) is 27.7 Å². The van der Waals surface area contributed by atoms with Gasteiger partial charge in [-0.25, -0.2) is 4.98 Å². The third kappa shape index (κ3) is 4.67. The minimum atomic E-state index is -0.316. The number of nitrogens with two attached hydrogens (primary N) is 1. The van der Waals surface area contributed by atoms with Gasteiger partial charge in [-0.1, -0.05) is 0 Å². The van der Waals surface area contributed by atoms with Crippen molar-refractivity contribution in [1.29, 1.82) is 0 Å². The van der Waals surface area contributed by atoms with Gasteiger partial charge in [0.2, 0.25) is 5.91 Å². The maximum atomic E-state index is 12.5. The largest absolute Gasteiger partial charge is 0.348 e. The fourth-order valence-corrected chi connectivity index (χ4v) is 4.87. The first-order valence-corrected chi connectivity index (χ1v) is 10.7. The van der Waals surface area contributed by atoms with E-state index in [4.69, 9.17) is 5.73 Å². The van der Waals surface area contributed by atoms with E-state index in [9.17, 15) is 9.59 Å². The summed E-state index contributed by atoms with van der Waals surface area (Å²) in [6.45, 7) is 8.29. The van der Waals surface area contributed by atoms with Gasteiger partial charge in [0.1, 0.15) is 10.7 Å². The monoisotopic (exact) mass is 430 g/mol. The third-order valence-corrected chi connectivity index (χ3v) is 7.49. The number of thioether (sulfide) groups is 1. The van der Waals surface area contributed by atoms with E-state index in [0.29, 0.717) is 29.4 Å². The Balaban J connectivity index is 0.00000261. The summed E-state index contributed by atoms with van der Waals surface area (Å²) in [6, 6.07) is 0. The van der Waals surface area contributed by atoms with Gasteiger partial charge < -0.3 is 16.0 Å². The molecule has 0 aliphatic heterocycles. The molecule has 0 saturated heterocycles. The number of halogens is 1. The highest BCUT2D eigenvalue weighted by atomic mass is 35.5. The average Bonchev–Trinajstić information content (AvgIpc) is 3.40. The zero-order chi connectivity index (χ0) is 19.1. The fourth-order valence-electron chi connectivity index (χ4n) is 3.07. The molecule has 2 aromatic heterocycles. The SMILES string of the molecule is Cc1sc2nc(CSC(C)C(=O)NC(C)(CN)C3CC3)[nH]c(=O)c2c1C.Cl. The summed E-state index contributed by atoms with van der Waals surface area (Å²) in [4.78, 5) is 34.1. The number of hydrogen-bond acceptors (Lipinski definition) is 6. The van der Waals surface area contributed by atoms with E-state index in [2.05, 4.69) is 15.3 Å². The van der Waals surface area contributed by atoms with Gasteiger partial charge in [-0.2, -0.15) is 0 Å². The topological polar surface area (TPSA) is 101 Å². The first-order valence-electron chi connectivity index (χ1n) is 8.87. The molecule has 6 nitrogen and oxygen atoms in total. The van der Waals surface area contributed by atoms with Crippen LogP contribution in [0.4, 0.5) is 0 Å². The van der Waals surface area contributed by atoms with E-state index in [1.165, 1.54) is 23.1 Å². The van der Waals surface area contributed by atoms with Crippen LogP contribution in [0.2, 0.25) is 0 Å². The fraction of sp³-hybridized carbons (Fsp3) is 0.611. The first-order chi connectivity index (χ1) is 12.2. The molecule has 0 aromatic carbocycles. The molecule has 9 heteroatoms. The van der Waals surface area contributed by atoms with Crippen LogP contribution in [0, 0.1) is 19.8 Å². The molecule has 2 atom stereocenters. The second-order valence-electron chi connectivity index (χ2n) is 7.31. The standard InChI is InChI=1S/C18H26N4O2S2.ClH/c1-9-10(2)26-17-14(9)16(24)20-13(21-17)7-25-11(3)15(23)22-18(4,8-19)12-5-6-12;/h11-12H,5-8,19H2,1-4H3,(H,22,23)(H,20,21,24);1H. The Morgan fingerprint density at radius 3 is 2.74 bits per heavy atom. The van der Waals surface area contributed by atoms with Gasteiger partial charge in [-0.3, -0.25) is 9.59 Å². The lowest BCUT2D eigenvalue weighted by molar-refractivity contribution is -0.122. The first kappa shape index (κ1) is 22.2. The van der Waals surface area contributed by atoms with Gasteiger partial charge in [0.05, 0.1) is 21.9 Å². The Kier molecular flexibility index (Phi) is 7.00. The summed E-state index contributed by atoms with van der Waals surface area (Å²) in [5, 5.41) is 3.55. The second-order valence-corrected chi connectivity index (χ2v) is 9.85. The van der Waals surface area contributed by atoms with Gasteiger partial charge in [-0.15, -0.1) is 35.5 Å². The molecule has 3 rings (SSSR count). The number of thiophene rings is 1. The number of aryl methyl sites for hydroxylation is 2. The molecule has 0 radical (unpaired) electrons. The Bertz CT molecular complexity index is 893. The van der Waals surface area contributed by atoms with Crippen LogP contribution in [0.1, 0.15) is 43.0 Å². The third-order valence-electron chi connectivity index (χ3n) is 5.24. The maximum absolute atomic E-state index is 12.5. The van der Waals surface area contributed by atoms with Crippen LogP contribution in [-0.2, 0) is 10.5 Å². The van der Waals surface area contributed by atoms with Crippen molar-refractivity contribution in [2.45, 2.75) is 57.1 Å². The van der Waals surface area contributed by atoms with Crippen molar-refractivity contribution in [2.24, 2.45) is 11.7 Å². The van der Waals surface area contributed by atoms with Gasteiger partial charge in [-0.05, 0) is 52.0 Å². The number of carbonyl (C=O) groups is 1. The van der Waals surface area contributed by atoms with E-state index >= 15 is 0 Å². The highest BCUT2D eigenvalue weighted by Crippen LogP contribution is 2.39. The van der Waals surface area contributed by atoms with Crippen LogP contribution >= 0.6 is 35.5 Å². The summed E-state index contributed by atoms with van der Waals surface area (Å²) < 4.78 is 0. The van der Waals surface area contributed by atoms with Crippen LogP contribution in [0.5, 0.6) is 0 Å². The quantitative estimate of drug-likeness (QED) is 0.626. The lowest BCUT2D eigenvalue weighted by Crippen LogP contribution is -2.54. The smallest absolute Gasteiger partial charge is 0.259 e. The van der Waals surface area contributed by atoms with E-state index in [-0.39, 0.29) is 34.7 Å². The number of aromatic amines is 1. The Hall–Kier alpha value is -1.09. The lowest BCUT2D eigenvalue weighted by atomic mass is 9.96. The minimum Gasteiger partial charge on any atom is -0.348 e. The van der Waals surface area contributed by atoms with Gasteiger partial charge in [0.15, 0.2) is 0 Å². The highest BCUT2D eigenvalue weighted by molar-refractivity contribution is 7.99. The van der Waals surface area contributed by atoms with Crippen molar-refractivity contribution >= 4 is 51.6 Å². The summed E-state index contributed by atoms with van der Waals surface area (Å²) in [6.07, 6.45) is 2.25. The average molecular weight is 431 g/mol. The summed E-state index contributed by atoms with van der Waals surface area (Å²) >= 11 is 3.00. The molecule has 1 amide bonds. The highest BCUT2D eigenvalue weighted by Gasteiger charge is 2.42. The van der Waals surface area contributed by atoms with Crippen molar-refractivity contribution in [3.05, 3.63) is 26.6 Å². The number of carbonyl (C=O) groups excluding carboxylic acids is 1. The zero-order valence-electron chi connectivity index (χ0n) is 16.0. The summed E-state index contributed by atoms with van der Waals surface area (Å²) in [7, 11) is 0. The number of nitrogens with zero attached hydrogens (tertiary/aromatic N) is 1. The van der Waals surface area contributed by atoms with Crippen LogP contribution in [-0.4, -0.2) is 33.2 Å². The number of H-pyrrole nitrogens is 1. The summed E-state index contributed by atoms with van der Waals surface area (Å²) in [5.41, 5.74) is 6.45. The molecule has 1 fully saturated rings.